The third-order valence-electron chi connectivity index (χ3n) is 2.12. The van der Waals surface area contributed by atoms with Crippen molar-refractivity contribution in [3.05, 3.63) is 41.6 Å². The normalized spacial score (nSPS) is 9.80. The van der Waals surface area contributed by atoms with Crippen molar-refractivity contribution in [3.8, 4) is 6.07 Å². The van der Waals surface area contributed by atoms with Gasteiger partial charge in [-0.15, -0.1) is 0 Å². The number of hydrogen-bond donors (Lipinski definition) is 1. The lowest BCUT2D eigenvalue weighted by Gasteiger charge is -2.02. The Balaban J connectivity index is 2.91. The van der Waals surface area contributed by atoms with E-state index in [0.717, 1.165) is 0 Å². The third-order valence-corrected chi connectivity index (χ3v) is 2.12. The molecule has 1 N–H and O–H groups in total. The van der Waals surface area contributed by atoms with Crippen LogP contribution in [0.5, 0.6) is 0 Å². The quantitative estimate of drug-likeness (QED) is 0.758. The largest absolute Gasteiger partial charge is 0.478 e. The van der Waals surface area contributed by atoms with Crippen LogP contribution in [-0.2, 0) is 0 Å². The molecule has 0 spiro atoms. The fraction of sp³-hybridized carbons (Fsp3) is 0. The van der Waals surface area contributed by atoms with E-state index in [1.807, 2.05) is 6.07 Å². The van der Waals surface area contributed by atoms with Crippen molar-refractivity contribution in [2.24, 2.45) is 0 Å². The summed E-state index contributed by atoms with van der Waals surface area (Å²) in [5.74, 6) is -1.04. The van der Waals surface area contributed by atoms with E-state index in [1.165, 1.54) is 18.3 Å². The number of nitriles is 1. The minimum atomic E-state index is -1.04. The topological polar surface area (TPSA) is 74.0 Å². The van der Waals surface area contributed by atoms with Gasteiger partial charge in [-0.1, -0.05) is 0 Å². The highest BCUT2D eigenvalue weighted by Gasteiger charge is 2.11. The first-order valence-corrected chi connectivity index (χ1v) is 4.25. The van der Waals surface area contributed by atoms with E-state index in [0.29, 0.717) is 16.5 Å². The Kier molecular flexibility index (Phi) is 2.07. The van der Waals surface area contributed by atoms with Crippen molar-refractivity contribution in [3.63, 3.8) is 0 Å². The summed E-state index contributed by atoms with van der Waals surface area (Å²) in [4.78, 5) is 14.9. The molecule has 0 atom stereocenters. The van der Waals surface area contributed by atoms with E-state index in [2.05, 4.69) is 4.98 Å². The van der Waals surface area contributed by atoms with Crippen molar-refractivity contribution in [2.75, 3.05) is 0 Å². The lowest BCUT2D eigenvalue weighted by Crippen LogP contribution is -1.99. The Morgan fingerprint density at radius 1 is 1.40 bits per heavy atom. The molecule has 2 rings (SSSR count). The molecule has 0 radical (unpaired) electrons. The number of aromatic nitrogens is 1. The second kappa shape index (κ2) is 3.39. The molecule has 0 amide bonds. The molecule has 0 aliphatic carbocycles. The highest BCUT2D eigenvalue weighted by atomic mass is 16.4. The zero-order valence-corrected chi connectivity index (χ0v) is 7.64. The first-order chi connectivity index (χ1) is 7.24. The number of fused-ring (bicyclic) bond motifs is 1. The van der Waals surface area contributed by atoms with Gasteiger partial charge in [0, 0.05) is 11.6 Å². The van der Waals surface area contributed by atoms with Crippen LogP contribution < -0.4 is 0 Å². The summed E-state index contributed by atoms with van der Waals surface area (Å²) in [5, 5.41) is 18.3. The van der Waals surface area contributed by atoms with Gasteiger partial charge in [-0.05, 0) is 24.3 Å². The maximum atomic E-state index is 10.9. The standard InChI is InChI=1S/C11H6N2O2/c12-6-7-3-4-9(11(14)15)10-8(7)2-1-5-13-10/h1-5H,(H,14,15). The van der Waals surface area contributed by atoms with Gasteiger partial charge >= 0.3 is 5.97 Å². The van der Waals surface area contributed by atoms with Crippen molar-refractivity contribution in [2.45, 2.75) is 0 Å². The van der Waals surface area contributed by atoms with Crippen LogP contribution >= 0.6 is 0 Å². The average Bonchev–Trinajstić information content (AvgIpc) is 2.27. The molecule has 15 heavy (non-hydrogen) atoms. The van der Waals surface area contributed by atoms with E-state index >= 15 is 0 Å². The summed E-state index contributed by atoms with van der Waals surface area (Å²) in [6.07, 6.45) is 1.51. The lowest BCUT2D eigenvalue weighted by atomic mass is 10.0. The lowest BCUT2D eigenvalue weighted by molar-refractivity contribution is 0.0699. The van der Waals surface area contributed by atoms with Gasteiger partial charge in [0.25, 0.3) is 0 Å². The monoisotopic (exact) mass is 198 g/mol. The molecule has 0 bridgehead atoms. The Bertz CT molecular complexity index is 585. The Morgan fingerprint density at radius 3 is 2.87 bits per heavy atom. The maximum absolute atomic E-state index is 10.9. The predicted octanol–water partition coefficient (Wildman–Crippen LogP) is 1.80. The minimum Gasteiger partial charge on any atom is -0.478 e. The van der Waals surface area contributed by atoms with E-state index in [-0.39, 0.29) is 5.56 Å². The van der Waals surface area contributed by atoms with Crippen LogP contribution in [0, 0.1) is 11.3 Å². The maximum Gasteiger partial charge on any atom is 0.337 e. The number of hydrogen-bond acceptors (Lipinski definition) is 3. The molecule has 0 saturated heterocycles. The smallest absolute Gasteiger partial charge is 0.337 e. The van der Waals surface area contributed by atoms with Crippen molar-refractivity contribution in [1.82, 2.24) is 4.98 Å². The molecule has 1 heterocycles. The molecule has 0 fully saturated rings. The number of nitrogens with zero attached hydrogens (tertiary/aromatic N) is 2. The number of carboxylic acid groups (broad SMARTS) is 1. The summed E-state index contributed by atoms with van der Waals surface area (Å²) in [7, 11) is 0. The van der Waals surface area contributed by atoms with Crippen LogP contribution in [0.3, 0.4) is 0 Å². The van der Waals surface area contributed by atoms with E-state index in [1.54, 1.807) is 12.1 Å². The Morgan fingerprint density at radius 2 is 2.20 bits per heavy atom. The van der Waals surface area contributed by atoms with E-state index in [9.17, 15) is 4.79 Å². The summed E-state index contributed by atoms with van der Waals surface area (Å²) in [5.41, 5.74) is 0.900. The molecule has 1 aromatic carbocycles. The van der Waals surface area contributed by atoms with Gasteiger partial charge in [-0.25, -0.2) is 4.79 Å². The summed E-state index contributed by atoms with van der Waals surface area (Å²) >= 11 is 0. The van der Waals surface area contributed by atoms with Gasteiger partial charge < -0.3 is 5.11 Å². The average molecular weight is 198 g/mol. The van der Waals surface area contributed by atoms with Gasteiger partial charge in [0.2, 0.25) is 0 Å². The van der Waals surface area contributed by atoms with Gasteiger partial charge in [-0.3, -0.25) is 4.98 Å². The zero-order chi connectivity index (χ0) is 10.8. The van der Waals surface area contributed by atoms with Gasteiger partial charge in [0.1, 0.15) is 0 Å². The molecule has 1 aromatic heterocycles. The summed E-state index contributed by atoms with van der Waals surface area (Å²) < 4.78 is 0. The number of aromatic carboxylic acids is 1. The first-order valence-electron chi connectivity index (χ1n) is 4.25. The first kappa shape index (κ1) is 9.16. The molecule has 72 valence electrons. The van der Waals surface area contributed by atoms with Gasteiger partial charge in [0.05, 0.1) is 22.7 Å². The zero-order valence-electron chi connectivity index (χ0n) is 7.64. The predicted molar refractivity (Wildman–Crippen MR) is 53.4 cm³/mol. The molecule has 4 nitrogen and oxygen atoms in total. The van der Waals surface area contributed by atoms with Crippen LogP contribution in [0.15, 0.2) is 30.5 Å². The van der Waals surface area contributed by atoms with Crippen molar-refractivity contribution < 1.29 is 9.90 Å². The Hall–Kier alpha value is -2.41. The molecule has 4 heteroatoms. The SMILES string of the molecule is N#Cc1ccc(C(=O)O)c2ncccc12. The van der Waals surface area contributed by atoms with Crippen LogP contribution in [0.1, 0.15) is 15.9 Å². The number of carboxylic acids is 1. The van der Waals surface area contributed by atoms with Crippen molar-refractivity contribution >= 4 is 16.9 Å². The highest BCUT2D eigenvalue weighted by molar-refractivity contribution is 6.03. The molecular formula is C11H6N2O2. The van der Waals surface area contributed by atoms with Crippen LogP contribution in [0.25, 0.3) is 10.9 Å². The molecule has 0 aliphatic heterocycles. The number of pyridine rings is 1. The van der Waals surface area contributed by atoms with Crippen molar-refractivity contribution in [1.29, 1.82) is 5.26 Å². The highest BCUT2D eigenvalue weighted by Crippen LogP contribution is 2.20. The minimum absolute atomic E-state index is 0.115. The van der Waals surface area contributed by atoms with Crippen LogP contribution in [0.4, 0.5) is 0 Å². The van der Waals surface area contributed by atoms with Crippen LogP contribution in [-0.4, -0.2) is 16.1 Å². The number of benzene rings is 1. The number of rotatable bonds is 1. The second-order valence-electron chi connectivity index (χ2n) is 2.98. The molecule has 0 saturated carbocycles. The fourth-order valence-corrected chi connectivity index (χ4v) is 1.44. The summed E-state index contributed by atoms with van der Waals surface area (Å²) in [6, 6.07) is 8.26. The van der Waals surface area contributed by atoms with Crippen LogP contribution in [0.2, 0.25) is 0 Å². The van der Waals surface area contributed by atoms with E-state index < -0.39 is 5.97 Å². The second-order valence-corrected chi connectivity index (χ2v) is 2.98. The fourth-order valence-electron chi connectivity index (χ4n) is 1.44. The molecular weight excluding hydrogens is 192 g/mol. The molecule has 0 aliphatic rings. The summed E-state index contributed by atoms with van der Waals surface area (Å²) in [6.45, 7) is 0. The molecule has 2 aromatic rings. The Labute approximate surface area is 85.4 Å². The van der Waals surface area contributed by atoms with Gasteiger partial charge in [-0.2, -0.15) is 5.26 Å². The van der Waals surface area contributed by atoms with E-state index in [4.69, 9.17) is 10.4 Å². The number of carbonyl (C=O) groups is 1. The van der Waals surface area contributed by atoms with Gasteiger partial charge in [0.15, 0.2) is 0 Å². The third kappa shape index (κ3) is 1.40. The molecule has 0 unspecified atom stereocenters.